The monoisotopic (exact) mass is 234 g/mol. The average Bonchev–Trinajstić information content (AvgIpc) is 2.42. The topological polar surface area (TPSA) is 0 Å². The van der Waals surface area contributed by atoms with Gasteiger partial charge in [0.25, 0.3) is 0 Å². The molecule has 0 amide bonds. The molecule has 0 rings (SSSR count). The first kappa shape index (κ1) is 21.0. The van der Waals surface area contributed by atoms with Gasteiger partial charge in [0.05, 0.1) is 0 Å². The van der Waals surface area contributed by atoms with Crippen LogP contribution in [0.5, 0.6) is 0 Å². The molecule has 0 saturated carbocycles. The van der Waals surface area contributed by atoms with Gasteiger partial charge in [-0.05, 0) is 37.5 Å². The van der Waals surface area contributed by atoms with E-state index in [0.29, 0.717) is 0 Å². The lowest BCUT2D eigenvalue weighted by Gasteiger charge is -2.05. The van der Waals surface area contributed by atoms with Crippen LogP contribution in [0.2, 0.25) is 0 Å². The Morgan fingerprint density at radius 3 is 1.59 bits per heavy atom. The van der Waals surface area contributed by atoms with Gasteiger partial charge < -0.3 is 0 Å². The maximum atomic E-state index is 3.78. The molecule has 0 N–H and O–H groups in total. The molecule has 0 heterocycles. The molecule has 0 aliphatic heterocycles. The van der Waals surface area contributed by atoms with Crippen LogP contribution < -0.4 is 0 Å². The minimum absolute atomic E-state index is 1.15. The van der Waals surface area contributed by atoms with Crippen LogP contribution in [0.4, 0.5) is 0 Å². The number of hydrogen-bond donors (Lipinski definition) is 0. The van der Waals surface area contributed by atoms with Crippen molar-refractivity contribution in [1.82, 2.24) is 0 Å². The first-order valence-electron chi connectivity index (χ1n) is 6.46. The minimum Gasteiger partial charge on any atom is -0.0988 e. The second-order valence-electron chi connectivity index (χ2n) is 2.75. The molecule has 0 aliphatic rings. The van der Waals surface area contributed by atoms with Crippen LogP contribution in [-0.4, -0.2) is 0 Å². The molecule has 98 valence electrons. The Kier molecular flexibility index (Phi) is 21.2. The van der Waals surface area contributed by atoms with Gasteiger partial charge in [0.2, 0.25) is 0 Å². The van der Waals surface area contributed by atoms with Crippen LogP contribution in [0, 0.1) is 0 Å². The summed E-state index contributed by atoms with van der Waals surface area (Å²) in [7, 11) is 0. The number of allylic oxidation sites excluding steroid dienone is 8. The first-order chi connectivity index (χ1) is 8.21. The van der Waals surface area contributed by atoms with Crippen molar-refractivity contribution in [3.8, 4) is 0 Å². The molecule has 0 radical (unpaired) electrons. The van der Waals surface area contributed by atoms with Crippen molar-refractivity contribution in [2.75, 3.05) is 0 Å². The third kappa shape index (κ3) is 9.62. The molecule has 17 heavy (non-hydrogen) atoms. The molecule has 0 atom stereocenters. The summed E-state index contributed by atoms with van der Waals surface area (Å²) in [5.41, 5.74) is 3.51. The third-order valence-electron chi connectivity index (χ3n) is 1.91. The van der Waals surface area contributed by atoms with E-state index in [-0.39, 0.29) is 0 Å². The molecule has 0 heteroatoms. The zero-order valence-electron chi connectivity index (χ0n) is 12.8. The molecule has 0 aliphatic carbocycles. The summed E-state index contributed by atoms with van der Waals surface area (Å²) in [5, 5.41) is 0. The van der Waals surface area contributed by atoms with Crippen molar-refractivity contribution in [1.29, 1.82) is 0 Å². The van der Waals surface area contributed by atoms with Gasteiger partial charge in [-0.25, -0.2) is 0 Å². The third-order valence-corrected chi connectivity index (χ3v) is 1.91. The summed E-state index contributed by atoms with van der Waals surface area (Å²) in [6, 6.07) is 0. The van der Waals surface area contributed by atoms with Crippen molar-refractivity contribution in [2.45, 2.75) is 48.5 Å². The van der Waals surface area contributed by atoms with Gasteiger partial charge in [-0.3, -0.25) is 0 Å². The van der Waals surface area contributed by atoms with Crippen LogP contribution in [-0.2, 0) is 0 Å². The van der Waals surface area contributed by atoms with Gasteiger partial charge in [0, 0.05) is 0 Å². The fourth-order valence-corrected chi connectivity index (χ4v) is 1.12. The van der Waals surface area contributed by atoms with E-state index in [1.54, 1.807) is 0 Å². The van der Waals surface area contributed by atoms with Crippen LogP contribution in [0.15, 0.2) is 60.3 Å². The fraction of sp³-hybridized carbons (Fsp3) is 0.412. The lowest BCUT2D eigenvalue weighted by atomic mass is 10.00. The Bertz CT molecular complexity index is 272. The van der Waals surface area contributed by atoms with E-state index in [9.17, 15) is 0 Å². The van der Waals surface area contributed by atoms with Gasteiger partial charge >= 0.3 is 0 Å². The van der Waals surface area contributed by atoms with Gasteiger partial charge in [0.15, 0.2) is 0 Å². The molecule has 0 bridgehead atoms. The van der Waals surface area contributed by atoms with Crippen LogP contribution in [0.3, 0.4) is 0 Å². The molecule has 0 unspecified atom stereocenters. The first-order valence-corrected chi connectivity index (χ1v) is 6.46. The van der Waals surface area contributed by atoms with Gasteiger partial charge in [-0.15, -0.1) is 0 Å². The Morgan fingerprint density at radius 1 is 0.882 bits per heavy atom. The molecule has 0 fully saturated rings. The van der Waals surface area contributed by atoms with Crippen molar-refractivity contribution in [2.24, 2.45) is 0 Å². The van der Waals surface area contributed by atoms with Crippen molar-refractivity contribution >= 4 is 0 Å². The lowest BCUT2D eigenvalue weighted by molar-refractivity contribution is 1.39. The summed E-state index contributed by atoms with van der Waals surface area (Å²) in [4.78, 5) is 0. The molecule has 0 aromatic rings. The van der Waals surface area contributed by atoms with Crippen LogP contribution >= 0.6 is 0 Å². The smallest absolute Gasteiger partial charge is 0.0162 e. The van der Waals surface area contributed by atoms with Crippen molar-refractivity contribution in [3.63, 3.8) is 0 Å². The SMILES string of the molecule is C=CC(=C/C)/C(/C=C\C)=C(/C)C=C.CC.CC. The predicted octanol–water partition coefficient (Wildman–Crippen LogP) is 6.25. The number of hydrogen-bond acceptors (Lipinski definition) is 0. The molecule has 0 spiro atoms. The highest BCUT2D eigenvalue weighted by Crippen LogP contribution is 2.17. The minimum atomic E-state index is 1.15. The number of rotatable bonds is 4. The van der Waals surface area contributed by atoms with E-state index in [2.05, 4.69) is 32.2 Å². The van der Waals surface area contributed by atoms with Gasteiger partial charge in [-0.1, -0.05) is 71.2 Å². The average molecular weight is 234 g/mol. The summed E-state index contributed by atoms with van der Waals surface area (Å²) in [5.74, 6) is 0. The Balaban J connectivity index is -0.000000439. The molecule has 0 aromatic carbocycles. The van der Waals surface area contributed by atoms with Gasteiger partial charge in [0.1, 0.15) is 0 Å². The largest absolute Gasteiger partial charge is 0.0988 e. The van der Waals surface area contributed by atoms with Crippen LogP contribution in [0.25, 0.3) is 0 Å². The fourth-order valence-electron chi connectivity index (χ4n) is 1.12. The molecular formula is C17H30. The maximum absolute atomic E-state index is 3.78. The summed E-state index contributed by atoms with van der Waals surface area (Å²) >= 11 is 0. The quantitative estimate of drug-likeness (QED) is 0.504. The Hall–Kier alpha value is -1.30. The predicted molar refractivity (Wildman–Crippen MR) is 84.4 cm³/mol. The molecule has 0 nitrogen and oxygen atoms in total. The van der Waals surface area contributed by atoms with E-state index in [1.165, 1.54) is 11.1 Å². The van der Waals surface area contributed by atoms with Gasteiger partial charge in [-0.2, -0.15) is 0 Å². The summed E-state index contributed by atoms with van der Waals surface area (Å²) in [6.07, 6.45) is 9.88. The lowest BCUT2D eigenvalue weighted by Crippen LogP contribution is -1.86. The summed E-state index contributed by atoms with van der Waals surface area (Å²) < 4.78 is 0. The highest BCUT2D eigenvalue weighted by Gasteiger charge is 1.98. The van der Waals surface area contributed by atoms with Crippen LogP contribution in [0.1, 0.15) is 48.5 Å². The molecule has 0 saturated heterocycles. The second kappa shape index (κ2) is 17.1. The summed E-state index contributed by atoms with van der Waals surface area (Å²) in [6.45, 7) is 21.6. The highest BCUT2D eigenvalue weighted by atomic mass is 14.0. The maximum Gasteiger partial charge on any atom is -0.0162 e. The zero-order valence-corrected chi connectivity index (χ0v) is 12.8. The van der Waals surface area contributed by atoms with Crippen molar-refractivity contribution < 1.29 is 0 Å². The van der Waals surface area contributed by atoms with Crippen molar-refractivity contribution in [3.05, 3.63) is 60.3 Å². The zero-order chi connectivity index (χ0) is 14.3. The molecular weight excluding hydrogens is 204 g/mol. The standard InChI is InChI=1S/C13H18.2C2H6/c1-6-10-13(11(5)7-2)12(8-3)9-4;2*1-2/h6-10H,2-3H2,1,4-5H3;2*1-2H3/b10-6-,12-9-,13-11-;;. The second-order valence-corrected chi connectivity index (χ2v) is 2.75. The van der Waals surface area contributed by atoms with E-state index in [1.807, 2.05) is 59.8 Å². The normalized spacial score (nSPS) is 11.6. The molecule has 0 aromatic heterocycles. The van der Waals surface area contributed by atoms with E-state index in [0.717, 1.165) is 5.57 Å². The van der Waals surface area contributed by atoms with E-state index < -0.39 is 0 Å². The van der Waals surface area contributed by atoms with E-state index >= 15 is 0 Å². The van der Waals surface area contributed by atoms with E-state index in [4.69, 9.17) is 0 Å². The Labute approximate surface area is 109 Å². The highest BCUT2D eigenvalue weighted by molar-refractivity contribution is 5.50. The Morgan fingerprint density at radius 2 is 1.35 bits per heavy atom.